The normalized spacial score (nSPS) is 35.7. The number of carboxylic acid groups (broad SMARTS) is 1. The summed E-state index contributed by atoms with van der Waals surface area (Å²) in [5, 5.41) is 9.22. The Balaban J connectivity index is 1.85. The molecule has 0 aromatic heterocycles. The van der Waals surface area contributed by atoms with Crippen molar-refractivity contribution in [2.45, 2.75) is 36.5 Å². The number of methoxy groups -OCH3 is 1. The first-order chi connectivity index (χ1) is 10.0. The number of hydrogen-bond acceptors (Lipinski definition) is 6. The van der Waals surface area contributed by atoms with Gasteiger partial charge in [-0.05, 0) is 18.4 Å². The Morgan fingerprint density at radius 3 is 3.00 bits per heavy atom. The van der Waals surface area contributed by atoms with Crippen molar-refractivity contribution in [3.63, 3.8) is 0 Å². The van der Waals surface area contributed by atoms with E-state index >= 15 is 0 Å². The molecule has 0 bridgehead atoms. The summed E-state index contributed by atoms with van der Waals surface area (Å²) in [4.78, 5) is 24.8. The van der Waals surface area contributed by atoms with Crippen LogP contribution in [-0.2, 0) is 19.1 Å². The highest BCUT2D eigenvalue weighted by molar-refractivity contribution is 8.00. The first-order valence-electron chi connectivity index (χ1n) is 6.85. The van der Waals surface area contributed by atoms with E-state index in [1.165, 1.54) is 16.7 Å². The molecule has 0 radical (unpaired) electrons. The second-order valence-corrected chi connectivity index (χ2v) is 6.50. The van der Waals surface area contributed by atoms with Crippen molar-refractivity contribution >= 4 is 23.6 Å². The molecule has 3 rings (SSSR count). The average Bonchev–Trinajstić information content (AvgIpc) is 2.93. The number of nitrogens with two attached hydrogens (primary N) is 1. The lowest BCUT2D eigenvalue weighted by atomic mass is 10.00. The fourth-order valence-electron chi connectivity index (χ4n) is 3.06. The van der Waals surface area contributed by atoms with Gasteiger partial charge in [-0.25, -0.2) is 4.79 Å². The van der Waals surface area contributed by atoms with Gasteiger partial charge in [-0.15, -0.1) is 11.8 Å². The van der Waals surface area contributed by atoms with E-state index in [1.54, 1.807) is 7.11 Å². The lowest BCUT2D eigenvalue weighted by Crippen LogP contribution is -2.68. The van der Waals surface area contributed by atoms with Gasteiger partial charge < -0.3 is 20.3 Å². The van der Waals surface area contributed by atoms with Gasteiger partial charge in [-0.3, -0.25) is 9.69 Å². The fraction of sp³-hybridized carbons (Fsp3) is 0.692. The molecule has 3 heterocycles. The molecule has 2 saturated heterocycles. The van der Waals surface area contributed by atoms with Crippen molar-refractivity contribution in [3.8, 4) is 0 Å². The summed E-state index contributed by atoms with van der Waals surface area (Å²) in [7, 11) is 1.61. The fourth-order valence-corrected chi connectivity index (χ4v) is 4.41. The van der Waals surface area contributed by atoms with Crippen molar-refractivity contribution in [2.75, 3.05) is 19.5 Å². The van der Waals surface area contributed by atoms with Gasteiger partial charge >= 0.3 is 5.97 Å². The van der Waals surface area contributed by atoms with Gasteiger partial charge in [0, 0.05) is 12.9 Å². The molecule has 0 aromatic rings. The Hall–Kier alpha value is -1.09. The zero-order valence-electron chi connectivity index (χ0n) is 11.7. The highest BCUT2D eigenvalue weighted by atomic mass is 32.2. The molecule has 116 valence electrons. The Kier molecular flexibility index (Phi) is 3.96. The summed E-state index contributed by atoms with van der Waals surface area (Å²) >= 11 is 1.50. The number of nitrogens with zero attached hydrogens (tertiary/aromatic N) is 1. The first-order valence-corrected chi connectivity index (χ1v) is 7.90. The summed E-state index contributed by atoms with van der Waals surface area (Å²) in [6, 6.07) is -0.600. The lowest BCUT2D eigenvalue weighted by molar-refractivity contribution is -0.148. The Labute approximate surface area is 126 Å². The SMILES string of the molecule is COC[C@H]1CC[C@@H](C2=C(C(=O)O)N3C(=O)[C@@H](N)[C@H]3SC2)O1. The minimum absolute atomic E-state index is 0.0142. The number of hydrogen-bond donors (Lipinski definition) is 2. The smallest absolute Gasteiger partial charge is 0.352 e. The van der Waals surface area contributed by atoms with Crippen LogP contribution in [0.1, 0.15) is 12.8 Å². The van der Waals surface area contributed by atoms with E-state index in [0.717, 1.165) is 12.8 Å². The summed E-state index contributed by atoms with van der Waals surface area (Å²) in [5.74, 6) is -0.878. The van der Waals surface area contributed by atoms with Crippen LogP contribution in [-0.4, -0.2) is 65.0 Å². The van der Waals surface area contributed by atoms with Crippen LogP contribution >= 0.6 is 11.8 Å². The zero-order valence-corrected chi connectivity index (χ0v) is 12.5. The molecule has 0 aromatic carbocycles. The molecule has 0 spiro atoms. The van der Waals surface area contributed by atoms with E-state index < -0.39 is 12.0 Å². The molecule has 4 atom stereocenters. The Bertz CT molecular complexity index is 509. The number of ether oxygens (including phenoxy) is 2. The standard InChI is InChI=1S/C13H18N2O5S/c1-19-4-6-2-3-8(20-6)7-5-21-12-9(14)11(16)15(12)10(7)13(17)18/h6,8-9,12H,2-5,14H2,1H3,(H,17,18)/t6-,8+,9-,12-/m1/s1. The molecule has 3 N–H and O–H groups in total. The van der Waals surface area contributed by atoms with Gasteiger partial charge in [0.2, 0.25) is 5.91 Å². The molecule has 0 unspecified atom stereocenters. The minimum atomic E-state index is -1.09. The van der Waals surface area contributed by atoms with Crippen molar-refractivity contribution < 1.29 is 24.2 Å². The number of β-lactam (4-membered cyclic amide) rings is 1. The van der Waals surface area contributed by atoms with Crippen molar-refractivity contribution in [2.24, 2.45) is 5.73 Å². The topological polar surface area (TPSA) is 102 Å². The zero-order chi connectivity index (χ0) is 15.1. The number of carboxylic acids is 1. The van der Waals surface area contributed by atoms with E-state index in [0.29, 0.717) is 17.9 Å². The highest BCUT2D eigenvalue weighted by Crippen LogP contribution is 2.42. The number of thioether (sulfide) groups is 1. The molecular weight excluding hydrogens is 296 g/mol. The minimum Gasteiger partial charge on any atom is -0.477 e. The van der Waals surface area contributed by atoms with Crippen LogP contribution < -0.4 is 5.73 Å². The van der Waals surface area contributed by atoms with Gasteiger partial charge in [0.1, 0.15) is 17.1 Å². The van der Waals surface area contributed by atoms with Gasteiger partial charge in [0.25, 0.3) is 0 Å². The van der Waals surface area contributed by atoms with E-state index in [9.17, 15) is 14.7 Å². The molecule has 1 amide bonds. The predicted octanol–water partition coefficient (Wildman–Crippen LogP) is -0.238. The molecule has 21 heavy (non-hydrogen) atoms. The van der Waals surface area contributed by atoms with Crippen LogP contribution in [0.3, 0.4) is 0 Å². The second-order valence-electron chi connectivity index (χ2n) is 5.39. The molecule has 7 nitrogen and oxygen atoms in total. The molecular formula is C13H18N2O5S. The van der Waals surface area contributed by atoms with Gasteiger partial charge in [0.15, 0.2) is 0 Å². The Morgan fingerprint density at radius 1 is 1.57 bits per heavy atom. The number of fused-ring (bicyclic) bond motifs is 1. The molecule has 2 fully saturated rings. The summed E-state index contributed by atoms with van der Waals surface area (Å²) in [5.41, 5.74) is 6.47. The van der Waals surface area contributed by atoms with Crippen LogP contribution in [0.25, 0.3) is 0 Å². The number of rotatable bonds is 4. The summed E-state index contributed by atoms with van der Waals surface area (Å²) < 4.78 is 10.9. The summed E-state index contributed by atoms with van der Waals surface area (Å²) in [6.45, 7) is 0.496. The predicted molar refractivity (Wildman–Crippen MR) is 75.5 cm³/mol. The number of carbonyl (C=O) groups excluding carboxylic acids is 1. The van der Waals surface area contributed by atoms with E-state index in [-0.39, 0.29) is 29.2 Å². The maximum absolute atomic E-state index is 11.9. The molecule has 3 aliphatic heterocycles. The van der Waals surface area contributed by atoms with Crippen molar-refractivity contribution in [1.29, 1.82) is 0 Å². The van der Waals surface area contributed by atoms with E-state index in [4.69, 9.17) is 15.2 Å². The first kappa shape index (κ1) is 14.8. The summed E-state index contributed by atoms with van der Waals surface area (Å²) in [6.07, 6.45) is 1.31. The lowest BCUT2D eigenvalue weighted by Gasteiger charge is -2.48. The second kappa shape index (κ2) is 5.60. The maximum Gasteiger partial charge on any atom is 0.352 e. The van der Waals surface area contributed by atoms with Crippen molar-refractivity contribution in [1.82, 2.24) is 4.90 Å². The van der Waals surface area contributed by atoms with Crippen LogP contribution in [0, 0.1) is 0 Å². The monoisotopic (exact) mass is 314 g/mol. The third-order valence-electron chi connectivity index (χ3n) is 4.09. The molecule has 8 heteroatoms. The van der Waals surface area contributed by atoms with E-state index in [2.05, 4.69) is 0 Å². The van der Waals surface area contributed by atoms with Crippen LogP contribution in [0.2, 0.25) is 0 Å². The number of carbonyl (C=O) groups is 2. The molecule has 3 aliphatic rings. The van der Waals surface area contributed by atoms with Crippen LogP contribution in [0.5, 0.6) is 0 Å². The molecule has 0 aliphatic carbocycles. The maximum atomic E-state index is 11.9. The van der Waals surface area contributed by atoms with Crippen LogP contribution in [0.15, 0.2) is 11.3 Å². The third-order valence-corrected chi connectivity index (χ3v) is 5.41. The third kappa shape index (κ3) is 2.36. The van der Waals surface area contributed by atoms with Gasteiger partial charge in [0.05, 0.1) is 18.8 Å². The quantitative estimate of drug-likeness (QED) is 0.691. The van der Waals surface area contributed by atoms with Crippen molar-refractivity contribution in [3.05, 3.63) is 11.3 Å². The molecule has 0 saturated carbocycles. The average molecular weight is 314 g/mol. The van der Waals surface area contributed by atoms with Gasteiger partial charge in [-0.1, -0.05) is 0 Å². The Morgan fingerprint density at radius 2 is 2.33 bits per heavy atom. The van der Waals surface area contributed by atoms with Crippen LogP contribution in [0.4, 0.5) is 0 Å². The number of amides is 1. The largest absolute Gasteiger partial charge is 0.477 e. The van der Waals surface area contributed by atoms with E-state index in [1.807, 2.05) is 0 Å². The van der Waals surface area contributed by atoms with Gasteiger partial charge in [-0.2, -0.15) is 0 Å². The number of aliphatic carboxylic acids is 1. The highest BCUT2D eigenvalue weighted by Gasteiger charge is 2.52.